The standard InChI is InChI=1S/C28H32N8O/c1-34-13-15-35(16-14-34)22-9-10-25(29-18-22)32-26-17-23-24(19-30-26)31-28(33-27(23)36-11-5-6-12-36)37-20-21-7-3-2-4-8-21/h2-4,7-10,17-19H,5-6,11-16,20H2,1H3,(H,29,30,32). The lowest BCUT2D eigenvalue weighted by Crippen LogP contribution is -2.44. The average molecular weight is 497 g/mol. The molecule has 0 amide bonds. The summed E-state index contributed by atoms with van der Waals surface area (Å²) in [7, 11) is 2.16. The lowest BCUT2D eigenvalue weighted by Gasteiger charge is -2.33. The van der Waals surface area contributed by atoms with Crippen LogP contribution in [0.25, 0.3) is 10.9 Å². The molecule has 6 rings (SSSR count). The van der Waals surface area contributed by atoms with E-state index in [-0.39, 0.29) is 0 Å². The van der Waals surface area contributed by atoms with Gasteiger partial charge in [-0.3, -0.25) is 0 Å². The molecule has 0 spiro atoms. The van der Waals surface area contributed by atoms with Gasteiger partial charge in [-0.25, -0.2) is 9.97 Å². The number of ether oxygens (including phenoxy) is 1. The number of nitrogens with zero attached hydrogens (tertiary/aromatic N) is 7. The minimum absolute atomic E-state index is 0.377. The Labute approximate surface area is 217 Å². The first-order chi connectivity index (χ1) is 18.2. The average Bonchev–Trinajstić information content (AvgIpc) is 3.48. The van der Waals surface area contributed by atoms with Gasteiger partial charge < -0.3 is 24.8 Å². The second-order valence-corrected chi connectivity index (χ2v) is 9.70. The monoisotopic (exact) mass is 496 g/mol. The Kier molecular flexibility index (Phi) is 6.68. The third-order valence-corrected chi connectivity index (χ3v) is 7.03. The molecule has 0 radical (unpaired) electrons. The minimum atomic E-state index is 0.377. The van der Waals surface area contributed by atoms with Gasteiger partial charge in [0.2, 0.25) is 0 Å². The molecule has 3 aromatic heterocycles. The van der Waals surface area contributed by atoms with E-state index in [1.165, 1.54) is 0 Å². The van der Waals surface area contributed by atoms with Gasteiger partial charge in [0.1, 0.15) is 24.1 Å². The second-order valence-electron chi connectivity index (χ2n) is 9.70. The maximum absolute atomic E-state index is 5.98. The van der Waals surface area contributed by atoms with Crippen LogP contribution in [0.3, 0.4) is 0 Å². The molecule has 0 aliphatic carbocycles. The molecule has 0 atom stereocenters. The maximum Gasteiger partial charge on any atom is 0.319 e. The number of hydrogen-bond donors (Lipinski definition) is 1. The predicted molar refractivity (Wildman–Crippen MR) is 147 cm³/mol. The fourth-order valence-corrected chi connectivity index (χ4v) is 4.86. The van der Waals surface area contributed by atoms with Crippen LogP contribution < -0.4 is 19.9 Å². The lowest BCUT2D eigenvalue weighted by molar-refractivity contribution is 0.282. The third kappa shape index (κ3) is 5.41. The molecule has 9 heteroatoms. The predicted octanol–water partition coefficient (Wildman–Crippen LogP) is 4.09. The van der Waals surface area contributed by atoms with Gasteiger partial charge in [0.15, 0.2) is 0 Å². The van der Waals surface area contributed by atoms with Crippen LogP contribution in [0.1, 0.15) is 18.4 Å². The largest absolute Gasteiger partial charge is 0.459 e. The smallest absolute Gasteiger partial charge is 0.319 e. The van der Waals surface area contributed by atoms with Crippen molar-refractivity contribution in [1.29, 1.82) is 0 Å². The van der Waals surface area contributed by atoms with Gasteiger partial charge >= 0.3 is 6.01 Å². The van der Waals surface area contributed by atoms with Gasteiger partial charge in [-0.2, -0.15) is 9.97 Å². The van der Waals surface area contributed by atoms with Gasteiger partial charge in [0, 0.05) is 44.7 Å². The molecule has 190 valence electrons. The Morgan fingerprint density at radius 1 is 0.811 bits per heavy atom. The highest BCUT2D eigenvalue weighted by Crippen LogP contribution is 2.31. The van der Waals surface area contributed by atoms with Crippen molar-refractivity contribution in [3.63, 3.8) is 0 Å². The Morgan fingerprint density at radius 3 is 2.35 bits per heavy atom. The van der Waals surface area contributed by atoms with E-state index in [0.29, 0.717) is 18.4 Å². The SMILES string of the molecule is CN1CCN(c2ccc(Nc3cc4c(N5CCCC5)nc(OCc5ccccc5)nc4cn3)nc2)CC1. The zero-order chi connectivity index (χ0) is 25.0. The van der Waals surface area contributed by atoms with Crippen molar-refractivity contribution in [3.8, 4) is 6.01 Å². The number of pyridine rings is 2. The van der Waals surface area contributed by atoms with E-state index >= 15 is 0 Å². The van der Waals surface area contributed by atoms with Crippen molar-refractivity contribution >= 4 is 34.0 Å². The van der Waals surface area contributed by atoms with Crippen LogP contribution in [0.2, 0.25) is 0 Å². The molecule has 2 aliphatic rings. The molecule has 37 heavy (non-hydrogen) atoms. The highest BCUT2D eigenvalue weighted by Gasteiger charge is 2.20. The summed E-state index contributed by atoms with van der Waals surface area (Å²) in [6.07, 6.45) is 6.04. The third-order valence-electron chi connectivity index (χ3n) is 7.03. The molecule has 2 saturated heterocycles. The van der Waals surface area contributed by atoms with E-state index in [1.807, 2.05) is 48.7 Å². The van der Waals surface area contributed by atoms with Crippen molar-refractivity contribution in [3.05, 3.63) is 66.5 Å². The van der Waals surface area contributed by atoms with E-state index in [4.69, 9.17) is 9.72 Å². The summed E-state index contributed by atoms with van der Waals surface area (Å²) in [6, 6.07) is 16.6. The van der Waals surface area contributed by atoms with E-state index in [0.717, 1.165) is 85.9 Å². The Balaban J connectivity index is 1.23. The highest BCUT2D eigenvalue weighted by molar-refractivity contribution is 5.91. The van der Waals surface area contributed by atoms with Crippen molar-refractivity contribution in [1.82, 2.24) is 24.8 Å². The Hall–Kier alpha value is -3.98. The van der Waals surface area contributed by atoms with Crippen LogP contribution in [0.4, 0.5) is 23.1 Å². The molecule has 2 fully saturated rings. The van der Waals surface area contributed by atoms with Crippen LogP contribution in [0, 0.1) is 0 Å². The molecule has 4 aromatic rings. The van der Waals surface area contributed by atoms with E-state index in [2.05, 4.69) is 48.1 Å². The maximum atomic E-state index is 5.98. The molecule has 0 saturated carbocycles. The number of benzene rings is 1. The van der Waals surface area contributed by atoms with Crippen molar-refractivity contribution in [2.24, 2.45) is 0 Å². The van der Waals surface area contributed by atoms with Crippen LogP contribution in [-0.4, -0.2) is 71.2 Å². The molecule has 9 nitrogen and oxygen atoms in total. The lowest BCUT2D eigenvalue weighted by atomic mass is 10.2. The molecule has 0 bridgehead atoms. The quantitative estimate of drug-likeness (QED) is 0.407. The number of anilines is 4. The summed E-state index contributed by atoms with van der Waals surface area (Å²) in [5, 5.41) is 4.32. The van der Waals surface area contributed by atoms with E-state index < -0.39 is 0 Å². The van der Waals surface area contributed by atoms with Crippen molar-refractivity contribution < 1.29 is 4.74 Å². The number of aromatic nitrogens is 4. The normalized spacial score (nSPS) is 16.4. The first kappa shape index (κ1) is 23.4. The zero-order valence-corrected chi connectivity index (χ0v) is 21.2. The summed E-state index contributed by atoms with van der Waals surface area (Å²) in [4.78, 5) is 25.8. The van der Waals surface area contributed by atoms with E-state index in [9.17, 15) is 0 Å². The van der Waals surface area contributed by atoms with E-state index in [1.54, 1.807) is 6.20 Å². The summed E-state index contributed by atoms with van der Waals surface area (Å²) >= 11 is 0. The summed E-state index contributed by atoms with van der Waals surface area (Å²) < 4.78 is 5.98. The van der Waals surface area contributed by atoms with Gasteiger partial charge in [0.25, 0.3) is 0 Å². The zero-order valence-electron chi connectivity index (χ0n) is 21.2. The highest BCUT2D eigenvalue weighted by atomic mass is 16.5. The summed E-state index contributed by atoms with van der Waals surface area (Å²) in [6.45, 7) is 6.56. The number of likely N-dealkylation sites (N-methyl/N-ethyl adjacent to an activating group) is 1. The molecule has 2 aliphatic heterocycles. The molecule has 1 aromatic carbocycles. The number of rotatable bonds is 7. The van der Waals surface area contributed by atoms with Crippen LogP contribution in [0.15, 0.2) is 60.9 Å². The number of piperazine rings is 1. The summed E-state index contributed by atoms with van der Waals surface area (Å²) in [5.41, 5.74) is 3.00. The van der Waals surface area contributed by atoms with Crippen LogP contribution in [0.5, 0.6) is 6.01 Å². The first-order valence-electron chi connectivity index (χ1n) is 13.0. The first-order valence-corrected chi connectivity index (χ1v) is 13.0. The molecule has 0 unspecified atom stereocenters. The number of nitrogens with one attached hydrogen (secondary N) is 1. The van der Waals surface area contributed by atoms with Crippen molar-refractivity contribution in [2.45, 2.75) is 19.4 Å². The number of fused-ring (bicyclic) bond motifs is 1. The molecular formula is C28H32N8O. The Morgan fingerprint density at radius 2 is 1.59 bits per heavy atom. The topological polar surface area (TPSA) is 82.5 Å². The number of hydrogen-bond acceptors (Lipinski definition) is 9. The minimum Gasteiger partial charge on any atom is -0.459 e. The van der Waals surface area contributed by atoms with Gasteiger partial charge in [-0.15, -0.1) is 0 Å². The molecular weight excluding hydrogens is 464 g/mol. The fourth-order valence-electron chi connectivity index (χ4n) is 4.86. The molecule has 5 heterocycles. The molecule has 1 N–H and O–H groups in total. The van der Waals surface area contributed by atoms with Crippen molar-refractivity contribution in [2.75, 3.05) is 61.4 Å². The van der Waals surface area contributed by atoms with Gasteiger partial charge in [-0.05, 0) is 43.7 Å². The van der Waals surface area contributed by atoms with Gasteiger partial charge in [0.05, 0.1) is 23.6 Å². The Bertz CT molecular complexity index is 1330. The van der Waals surface area contributed by atoms with Crippen LogP contribution in [-0.2, 0) is 6.61 Å². The second kappa shape index (κ2) is 10.6. The van der Waals surface area contributed by atoms with Crippen LogP contribution >= 0.6 is 0 Å². The fraction of sp³-hybridized carbons (Fsp3) is 0.357. The summed E-state index contributed by atoms with van der Waals surface area (Å²) in [5.74, 6) is 2.37. The van der Waals surface area contributed by atoms with Gasteiger partial charge in [-0.1, -0.05) is 30.3 Å².